The number of halogens is 1. The molecule has 110 valence electrons. The highest BCUT2D eigenvalue weighted by molar-refractivity contribution is 9.10. The van der Waals surface area contributed by atoms with Crippen LogP contribution in [0.5, 0.6) is 5.75 Å². The lowest BCUT2D eigenvalue weighted by Gasteiger charge is -2.31. The van der Waals surface area contributed by atoms with Crippen LogP contribution in [0.15, 0.2) is 28.7 Å². The average Bonchev–Trinajstić information content (AvgIpc) is 2.45. The number of benzene rings is 1. The average molecular weight is 344 g/mol. The third-order valence-electron chi connectivity index (χ3n) is 3.04. The van der Waals surface area contributed by atoms with Gasteiger partial charge in [-0.3, -0.25) is 9.69 Å². The highest BCUT2D eigenvalue weighted by Gasteiger charge is 2.22. The van der Waals surface area contributed by atoms with Gasteiger partial charge in [0, 0.05) is 17.6 Å². The number of esters is 1. The molecule has 0 bridgehead atoms. The number of rotatable bonds is 5. The van der Waals surface area contributed by atoms with E-state index in [-0.39, 0.29) is 12.1 Å². The Labute approximate surface area is 126 Å². The summed E-state index contributed by atoms with van der Waals surface area (Å²) in [5.41, 5.74) is 0. The van der Waals surface area contributed by atoms with Gasteiger partial charge in [-0.1, -0.05) is 22.0 Å². The molecule has 20 heavy (non-hydrogen) atoms. The van der Waals surface area contributed by atoms with E-state index in [9.17, 15) is 4.79 Å². The molecule has 0 radical (unpaired) electrons. The number of morpholine rings is 1. The standard InChI is InChI=1S/C14H18BrNO4/c1-18-14(17)9-16-5-6-19-13(8-16)10-20-12-4-2-3-11(15)7-12/h2-4,7,13H,5-6,8-10H2,1H3/t13-/m0/s1. The molecule has 0 N–H and O–H groups in total. The molecule has 0 saturated carbocycles. The second kappa shape index (κ2) is 7.61. The Morgan fingerprint density at radius 2 is 2.40 bits per heavy atom. The van der Waals surface area contributed by atoms with Crippen molar-refractivity contribution in [1.82, 2.24) is 4.90 Å². The van der Waals surface area contributed by atoms with Gasteiger partial charge in [-0.05, 0) is 18.2 Å². The van der Waals surface area contributed by atoms with Crippen LogP contribution in [-0.2, 0) is 14.3 Å². The molecule has 0 aliphatic carbocycles. The highest BCUT2D eigenvalue weighted by atomic mass is 79.9. The molecular weight excluding hydrogens is 326 g/mol. The lowest BCUT2D eigenvalue weighted by atomic mass is 10.3. The lowest BCUT2D eigenvalue weighted by molar-refractivity contribution is -0.144. The van der Waals surface area contributed by atoms with Crippen LogP contribution in [0, 0.1) is 0 Å². The number of carbonyl (C=O) groups is 1. The zero-order valence-electron chi connectivity index (χ0n) is 11.4. The third kappa shape index (κ3) is 4.77. The maximum Gasteiger partial charge on any atom is 0.319 e. The molecule has 5 nitrogen and oxygen atoms in total. The summed E-state index contributed by atoms with van der Waals surface area (Å²) in [6.07, 6.45) is -0.0348. The zero-order valence-corrected chi connectivity index (χ0v) is 13.0. The minimum Gasteiger partial charge on any atom is -0.491 e. The summed E-state index contributed by atoms with van der Waals surface area (Å²) in [5.74, 6) is 0.576. The Balaban J connectivity index is 1.79. The molecule has 0 spiro atoms. The van der Waals surface area contributed by atoms with E-state index in [0.717, 1.165) is 16.8 Å². The summed E-state index contributed by atoms with van der Waals surface area (Å²) in [6, 6.07) is 7.68. The first-order chi connectivity index (χ1) is 9.67. The molecule has 1 fully saturated rings. The Kier molecular flexibility index (Phi) is 5.82. The number of hydrogen-bond donors (Lipinski definition) is 0. The maximum atomic E-state index is 11.3. The van der Waals surface area contributed by atoms with Crippen LogP contribution in [0.3, 0.4) is 0 Å². The predicted octanol–water partition coefficient (Wildman–Crippen LogP) is 1.70. The number of carbonyl (C=O) groups excluding carboxylic acids is 1. The van der Waals surface area contributed by atoms with Gasteiger partial charge in [0.25, 0.3) is 0 Å². The van der Waals surface area contributed by atoms with Crippen LogP contribution in [0.4, 0.5) is 0 Å². The van der Waals surface area contributed by atoms with Crippen molar-refractivity contribution in [3.63, 3.8) is 0 Å². The molecule has 0 amide bonds. The van der Waals surface area contributed by atoms with Crippen LogP contribution in [0.2, 0.25) is 0 Å². The van der Waals surface area contributed by atoms with Crippen LogP contribution < -0.4 is 4.74 Å². The molecule has 1 aromatic carbocycles. The van der Waals surface area contributed by atoms with Crippen LogP contribution in [0.25, 0.3) is 0 Å². The minimum atomic E-state index is -0.224. The van der Waals surface area contributed by atoms with Gasteiger partial charge in [0.05, 0.1) is 20.3 Å². The van der Waals surface area contributed by atoms with Crippen molar-refractivity contribution in [2.45, 2.75) is 6.10 Å². The molecular formula is C14H18BrNO4. The van der Waals surface area contributed by atoms with Gasteiger partial charge in [-0.25, -0.2) is 0 Å². The summed E-state index contributed by atoms with van der Waals surface area (Å²) < 4.78 is 17.0. The van der Waals surface area contributed by atoms with Gasteiger partial charge in [0.15, 0.2) is 0 Å². The van der Waals surface area contributed by atoms with Gasteiger partial charge < -0.3 is 14.2 Å². The third-order valence-corrected chi connectivity index (χ3v) is 3.53. The fraction of sp³-hybridized carbons (Fsp3) is 0.500. The van der Waals surface area contributed by atoms with Crippen LogP contribution in [-0.4, -0.2) is 56.9 Å². The van der Waals surface area contributed by atoms with Crippen molar-refractivity contribution in [1.29, 1.82) is 0 Å². The number of hydrogen-bond acceptors (Lipinski definition) is 5. The van der Waals surface area contributed by atoms with E-state index in [2.05, 4.69) is 20.7 Å². The normalized spacial score (nSPS) is 19.6. The number of nitrogens with zero attached hydrogens (tertiary/aromatic N) is 1. The Morgan fingerprint density at radius 3 is 3.15 bits per heavy atom. The Bertz CT molecular complexity index is 455. The Morgan fingerprint density at radius 1 is 1.55 bits per heavy atom. The van der Waals surface area contributed by atoms with Crippen molar-refractivity contribution < 1.29 is 19.0 Å². The fourth-order valence-electron chi connectivity index (χ4n) is 2.02. The minimum absolute atomic E-state index is 0.0348. The molecule has 1 atom stereocenters. The summed E-state index contributed by atoms with van der Waals surface area (Å²) in [4.78, 5) is 13.3. The van der Waals surface area contributed by atoms with Crippen molar-refractivity contribution in [2.24, 2.45) is 0 Å². The monoisotopic (exact) mass is 343 g/mol. The zero-order chi connectivity index (χ0) is 14.4. The van der Waals surface area contributed by atoms with Gasteiger partial charge >= 0.3 is 5.97 Å². The summed E-state index contributed by atoms with van der Waals surface area (Å²) >= 11 is 3.40. The van der Waals surface area contributed by atoms with E-state index < -0.39 is 0 Å². The van der Waals surface area contributed by atoms with Crippen molar-refractivity contribution in [3.05, 3.63) is 28.7 Å². The van der Waals surface area contributed by atoms with E-state index in [1.54, 1.807) is 0 Å². The Hall–Kier alpha value is -1.11. The molecule has 0 aromatic heterocycles. The van der Waals surface area contributed by atoms with E-state index >= 15 is 0 Å². The quantitative estimate of drug-likeness (QED) is 0.761. The van der Waals surface area contributed by atoms with E-state index in [1.807, 2.05) is 29.2 Å². The molecule has 6 heteroatoms. The van der Waals surface area contributed by atoms with Crippen LogP contribution in [0.1, 0.15) is 0 Å². The smallest absolute Gasteiger partial charge is 0.319 e. The van der Waals surface area contributed by atoms with Crippen molar-refractivity contribution >= 4 is 21.9 Å². The SMILES string of the molecule is COC(=O)CN1CCO[C@H](COc2cccc(Br)c2)C1. The first kappa shape index (κ1) is 15.3. The fourth-order valence-corrected chi connectivity index (χ4v) is 2.40. The number of methoxy groups -OCH3 is 1. The second-order valence-corrected chi connectivity index (χ2v) is 5.49. The molecule has 0 unspecified atom stereocenters. The first-order valence-electron chi connectivity index (χ1n) is 6.46. The van der Waals surface area contributed by atoms with Crippen LogP contribution >= 0.6 is 15.9 Å². The maximum absolute atomic E-state index is 11.3. The number of ether oxygens (including phenoxy) is 3. The molecule has 2 rings (SSSR count). The van der Waals surface area contributed by atoms with Gasteiger partial charge in [-0.15, -0.1) is 0 Å². The topological polar surface area (TPSA) is 48.0 Å². The second-order valence-electron chi connectivity index (χ2n) is 4.57. The highest BCUT2D eigenvalue weighted by Crippen LogP contribution is 2.18. The molecule has 1 saturated heterocycles. The van der Waals surface area contributed by atoms with Gasteiger partial charge in [-0.2, -0.15) is 0 Å². The van der Waals surface area contributed by atoms with E-state index in [4.69, 9.17) is 9.47 Å². The van der Waals surface area contributed by atoms with Crippen molar-refractivity contribution in [3.8, 4) is 5.75 Å². The van der Waals surface area contributed by atoms with Gasteiger partial charge in [0.1, 0.15) is 18.5 Å². The molecule has 1 heterocycles. The van der Waals surface area contributed by atoms with E-state index in [0.29, 0.717) is 26.3 Å². The summed E-state index contributed by atoms with van der Waals surface area (Å²) in [7, 11) is 1.40. The lowest BCUT2D eigenvalue weighted by Crippen LogP contribution is -2.46. The largest absolute Gasteiger partial charge is 0.491 e. The summed E-state index contributed by atoms with van der Waals surface area (Å²) in [5, 5.41) is 0. The van der Waals surface area contributed by atoms with Crippen molar-refractivity contribution in [2.75, 3.05) is 40.0 Å². The molecule has 1 aromatic rings. The first-order valence-corrected chi connectivity index (χ1v) is 7.26. The summed E-state index contributed by atoms with van der Waals surface area (Å²) in [6.45, 7) is 2.77. The van der Waals surface area contributed by atoms with Gasteiger partial charge in [0.2, 0.25) is 0 Å². The van der Waals surface area contributed by atoms with E-state index in [1.165, 1.54) is 7.11 Å². The molecule has 1 aliphatic heterocycles. The predicted molar refractivity (Wildman–Crippen MR) is 77.8 cm³/mol. The molecule has 1 aliphatic rings.